The fourth-order valence-corrected chi connectivity index (χ4v) is 2.46. The molecule has 0 atom stereocenters. The molecular formula is C17H21Cl3O4. The summed E-state index contributed by atoms with van der Waals surface area (Å²) in [6.07, 6.45) is 2.47. The Morgan fingerprint density at radius 2 is 1.58 bits per heavy atom. The number of rotatable bonds is 9. The van der Waals surface area contributed by atoms with Crippen LogP contribution in [0.5, 0.6) is 5.75 Å². The van der Waals surface area contributed by atoms with Crippen molar-refractivity contribution in [2.24, 2.45) is 5.92 Å². The minimum absolute atomic E-state index is 0.0810. The van der Waals surface area contributed by atoms with Gasteiger partial charge in [-0.3, -0.25) is 9.59 Å². The van der Waals surface area contributed by atoms with Crippen LogP contribution in [0.3, 0.4) is 0 Å². The van der Waals surface area contributed by atoms with E-state index in [2.05, 4.69) is 13.8 Å². The predicted molar refractivity (Wildman–Crippen MR) is 96.0 cm³/mol. The molecule has 1 aromatic rings. The first kappa shape index (κ1) is 21.1. The fourth-order valence-electron chi connectivity index (χ4n) is 1.88. The molecule has 0 aromatic heterocycles. The van der Waals surface area contributed by atoms with Crippen LogP contribution in [0, 0.1) is 5.92 Å². The molecule has 0 aliphatic carbocycles. The third-order valence-corrected chi connectivity index (χ3v) is 4.17. The van der Waals surface area contributed by atoms with Crippen molar-refractivity contribution in [1.29, 1.82) is 0 Å². The highest BCUT2D eigenvalue weighted by Gasteiger charge is 2.12. The van der Waals surface area contributed by atoms with Gasteiger partial charge < -0.3 is 9.47 Å². The van der Waals surface area contributed by atoms with E-state index in [1.807, 2.05) is 0 Å². The highest BCUT2D eigenvalue weighted by atomic mass is 35.5. The largest absolute Gasteiger partial charge is 0.466 e. The second-order valence-corrected chi connectivity index (χ2v) is 7.00. The van der Waals surface area contributed by atoms with Crippen LogP contribution >= 0.6 is 34.8 Å². The van der Waals surface area contributed by atoms with Gasteiger partial charge in [-0.15, -0.1) is 0 Å². The Morgan fingerprint density at radius 3 is 2.25 bits per heavy atom. The lowest BCUT2D eigenvalue weighted by Gasteiger charge is -2.08. The van der Waals surface area contributed by atoms with Crippen LogP contribution in [-0.2, 0) is 14.3 Å². The van der Waals surface area contributed by atoms with Crippen molar-refractivity contribution < 1.29 is 19.1 Å². The molecule has 0 saturated heterocycles. The first-order valence-electron chi connectivity index (χ1n) is 7.80. The zero-order chi connectivity index (χ0) is 18.1. The Balaban J connectivity index is 2.27. The maximum Gasteiger partial charge on any atom is 0.311 e. The number of carbonyl (C=O) groups is 2. The summed E-state index contributed by atoms with van der Waals surface area (Å²) in [5.41, 5.74) is 0. The monoisotopic (exact) mass is 394 g/mol. The summed E-state index contributed by atoms with van der Waals surface area (Å²) in [6.45, 7) is 4.65. The average Bonchev–Trinajstić information content (AvgIpc) is 2.49. The molecule has 4 nitrogen and oxygen atoms in total. The van der Waals surface area contributed by atoms with Gasteiger partial charge in [0.1, 0.15) is 0 Å². The maximum atomic E-state index is 11.8. The molecule has 0 spiro atoms. The SMILES string of the molecule is CC(C)CCCOC(=O)CCCC(=O)Oc1cc(Cl)c(Cl)cc1Cl. The molecule has 0 amide bonds. The highest BCUT2D eigenvalue weighted by molar-refractivity contribution is 6.43. The third kappa shape index (κ3) is 8.22. The van der Waals surface area contributed by atoms with Gasteiger partial charge in [0.25, 0.3) is 0 Å². The average molecular weight is 396 g/mol. The minimum Gasteiger partial charge on any atom is -0.466 e. The Hall–Kier alpha value is -0.970. The summed E-state index contributed by atoms with van der Waals surface area (Å²) in [6, 6.07) is 2.79. The summed E-state index contributed by atoms with van der Waals surface area (Å²) < 4.78 is 10.2. The number of halogens is 3. The lowest BCUT2D eigenvalue weighted by atomic mass is 10.1. The van der Waals surface area contributed by atoms with Gasteiger partial charge in [0, 0.05) is 18.9 Å². The van der Waals surface area contributed by atoms with E-state index in [1.165, 1.54) is 12.1 Å². The van der Waals surface area contributed by atoms with Crippen LogP contribution in [-0.4, -0.2) is 18.5 Å². The summed E-state index contributed by atoms with van der Waals surface area (Å²) in [7, 11) is 0. The molecule has 0 radical (unpaired) electrons. The van der Waals surface area contributed by atoms with E-state index < -0.39 is 5.97 Å². The number of ether oxygens (including phenoxy) is 2. The fraction of sp³-hybridized carbons (Fsp3) is 0.529. The van der Waals surface area contributed by atoms with E-state index in [1.54, 1.807) is 0 Å². The summed E-state index contributed by atoms with van der Waals surface area (Å²) in [5.74, 6) is -0.0685. The van der Waals surface area contributed by atoms with Crippen LogP contribution in [0.1, 0.15) is 46.0 Å². The van der Waals surface area contributed by atoms with Gasteiger partial charge in [-0.05, 0) is 31.2 Å². The molecule has 0 aliphatic rings. The van der Waals surface area contributed by atoms with Crippen molar-refractivity contribution in [3.05, 3.63) is 27.2 Å². The van der Waals surface area contributed by atoms with E-state index in [9.17, 15) is 9.59 Å². The zero-order valence-electron chi connectivity index (χ0n) is 13.7. The molecule has 0 N–H and O–H groups in total. The van der Waals surface area contributed by atoms with E-state index in [0.29, 0.717) is 18.9 Å². The Morgan fingerprint density at radius 1 is 0.958 bits per heavy atom. The number of benzene rings is 1. The number of esters is 2. The smallest absolute Gasteiger partial charge is 0.311 e. The molecule has 7 heteroatoms. The van der Waals surface area contributed by atoms with Crippen LogP contribution in [0.2, 0.25) is 15.1 Å². The molecule has 0 saturated carbocycles. The summed E-state index contributed by atoms with van der Waals surface area (Å²) in [4.78, 5) is 23.3. The Bertz CT molecular complexity index is 573. The van der Waals surface area contributed by atoms with Crippen LogP contribution in [0.25, 0.3) is 0 Å². The zero-order valence-corrected chi connectivity index (χ0v) is 16.0. The van der Waals surface area contributed by atoms with Gasteiger partial charge in [0.2, 0.25) is 0 Å². The number of hydrogen-bond acceptors (Lipinski definition) is 4. The standard InChI is InChI=1S/C17H21Cl3O4/c1-11(2)5-4-8-23-16(21)6-3-7-17(22)24-15-10-13(19)12(18)9-14(15)20/h9-11H,3-8H2,1-2H3. The molecule has 24 heavy (non-hydrogen) atoms. The molecular weight excluding hydrogens is 375 g/mol. The van der Waals surface area contributed by atoms with Gasteiger partial charge in [-0.1, -0.05) is 48.7 Å². The van der Waals surface area contributed by atoms with Crippen molar-refractivity contribution in [2.45, 2.75) is 46.0 Å². The topological polar surface area (TPSA) is 52.6 Å². The van der Waals surface area contributed by atoms with Crippen LogP contribution in [0.15, 0.2) is 12.1 Å². The van der Waals surface area contributed by atoms with E-state index in [0.717, 1.165) is 12.8 Å². The molecule has 134 valence electrons. The lowest BCUT2D eigenvalue weighted by Crippen LogP contribution is -2.11. The van der Waals surface area contributed by atoms with Gasteiger partial charge in [0.05, 0.1) is 21.7 Å². The van der Waals surface area contributed by atoms with Crippen molar-refractivity contribution >= 4 is 46.7 Å². The molecule has 0 fully saturated rings. The van der Waals surface area contributed by atoms with Crippen LogP contribution in [0.4, 0.5) is 0 Å². The van der Waals surface area contributed by atoms with Gasteiger partial charge in [-0.2, -0.15) is 0 Å². The summed E-state index contributed by atoms with van der Waals surface area (Å²) in [5, 5.41) is 0.720. The van der Waals surface area contributed by atoms with Crippen molar-refractivity contribution in [1.82, 2.24) is 0 Å². The number of hydrogen-bond donors (Lipinski definition) is 0. The first-order chi connectivity index (χ1) is 11.3. The Kier molecular flexibility index (Phi) is 9.49. The van der Waals surface area contributed by atoms with Crippen molar-refractivity contribution in [3.63, 3.8) is 0 Å². The Labute approximate surface area is 157 Å². The molecule has 1 aromatic carbocycles. The minimum atomic E-state index is -0.497. The predicted octanol–water partition coefficient (Wildman–Crippen LogP) is 5.70. The first-order valence-corrected chi connectivity index (χ1v) is 8.93. The summed E-state index contributed by atoms with van der Waals surface area (Å²) >= 11 is 17.6. The molecule has 0 heterocycles. The molecule has 0 bridgehead atoms. The molecule has 1 rings (SSSR count). The number of carbonyl (C=O) groups excluding carboxylic acids is 2. The maximum absolute atomic E-state index is 11.8. The second kappa shape index (κ2) is 10.8. The molecule has 0 aliphatic heterocycles. The van der Waals surface area contributed by atoms with Gasteiger partial charge in [0.15, 0.2) is 5.75 Å². The highest BCUT2D eigenvalue weighted by Crippen LogP contribution is 2.34. The van der Waals surface area contributed by atoms with E-state index >= 15 is 0 Å². The third-order valence-electron chi connectivity index (χ3n) is 3.15. The quantitative estimate of drug-likeness (QED) is 0.233. The van der Waals surface area contributed by atoms with Crippen molar-refractivity contribution in [3.8, 4) is 5.75 Å². The van der Waals surface area contributed by atoms with Crippen LogP contribution < -0.4 is 4.74 Å². The van der Waals surface area contributed by atoms with Crippen molar-refractivity contribution in [2.75, 3.05) is 6.61 Å². The van der Waals surface area contributed by atoms with Gasteiger partial charge >= 0.3 is 11.9 Å². The lowest BCUT2D eigenvalue weighted by molar-refractivity contribution is -0.144. The van der Waals surface area contributed by atoms with Gasteiger partial charge in [-0.25, -0.2) is 0 Å². The van der Waals surface area contributed by atoms with E-state index in [-0.39, 0.29) is 39.6 Å². The molecule has 0 unspecified atom stereocenters. The second-order valence-electron chi connectivity index (χ2n) is 5.78. The van der Waals surface area contributed by atoms with E-state index in [4.69, 9.17) is 44.3 Å². The normalized spacial score (nSPS) is 10.8.